The molecule has 0 atom stereocenters. The van der Waals surface area contributed by atoms with Gasteiger partial charge in [0.05, 0.1) is 6.07 Å². The molecule has 0 aromatic carbocycles. The van der Waals surface area contributed by atoms with E-state index in [0.29, 0.717) is 5.88 Å². The number of aromatic nitrogens is 2. The fraction of sp³-hybridized carbons (Fsp3) is 0.231. The summed E-state index contributed by atoms with van der Waals surface area (Å²) in [5.41, 5.74) is 0. The average molecular weight is 392 g/mol. The molecule has 2 aromatic rings. The Kier molecular flexibility index (Phi) is 12.9. The maximum atomic E-state index is 9.75. The van der Waals surface area contributed by atoms with Gasteiger partial charge in [-0.25, -0.2) is 4.57 Å². The first kappa shape index (κ1) is 25.9. The Bertz CT molecular complexity index is 573. The molecule has 0 spiro atoms. The summed E-state index contributed by atoms with van der Waals surface area (Å²) in [5, 5.41) is 9.07. The summed E-state index contributed by atoms with van der Waals surface area (Å²) in [7, 11) is -10.0. The van der Waals surface area contributed by atoms with Gasteiger partial charge < -0.3 is 39.6 Å². The predicted molar refractivity (Wildman–Crippen MR) is 82.0 cm³/mol. The van der Waals surface area contributed by atoms with Crippen LogP contribution in [0, 0.1) is 0 Å². The Morgan fingerprint density at radius 2 is 1.15 bits per heavy atom. The van der Waals surface area contributed by atoms with Crippen molar-refractivity contribution in [1.29, 1.82) is 0 Å². The number of rotatable bonds is 1. The molecule has 0 radical (unpaired) electrons. The van der Waals surface area contributed by atoms with E-state index in [1.807, 2.05) is 67.5 Å². The summed E-state index contributed by atoms with van der Waals surface area (Å²) in [6, 6.07) is 11.4. The van der Waals surface area contributed by atoms with Crippen molar-refractivity contribution in [3.63, 3.8) is 0 Å². The second-order valence-electron chi connectivity index (χ2n) is 4.38. The Hall–Kier alpha value is -2.33. The monoisotopic (exact) mass is 392 g/mol. The van der Waals surface area contributed by atoms with Crippen molar-refractivity contribution in [1.82, 2.24) is 0 Å². The van der Waals surface area contributed by atoms with Crippen LogP contribution >= 0.6 is 0 Å². The third-order valence-electron chi connectivity index (χ3n) is 2.12. The zero-order valence-electron chi connectivity index (χ0n) is 13.9. The lowest BCUT2D eigenvalue weighted by molar-refractivity contribution is -0.699. The normalized spacial score (nSPS) is 10.2. The molecule has 3 nitrogen and oxygen atoms in total. The highest BCUT2D eigenvalue weighted by Crippen LogP contribution is 2.07. The fourth-order valence-corrected chi connectivity index (χ4v) is 1.22. The van der Waals surface area contributed by atoms with Crippen molar-refractivity contribution >= 4 is 14.5 Å². The molecule has 2 heterocycles. The number of halogens is 8. The van der Waals surface area contributed by atoms with Gasteiger partial charge in [0, 0.05) is 18.2 Å². The van der Waals surface area contributed by atoms with Crippen LogP contribution in [0.5, 0.6) is 5.88 Å². The molecule has 0 saturated carbocycles. The summed E-state index contributed by atoms with van der Waals surface area (Å²) in [6.07, 6.45) is 5.84. The highest BCUT2D eigenvalue weighted by molar-refractivity contribution is 6.50. The topological polar surface area (TPSA) is 28.0 Å². The van der Waals surface area contributed by atoms with Crippen LogP contribution in [-0.4, -0.2) is 19.6 Å². The molecule has 13 heteroatoms. The molecule has 0 bridgehead atoms. The summed E-state index contributed by atoms with van der Waals surface area (Å²) >= 11 is 0. The lowest BCUT2D eigenvalue weighted by atomic mass is 10.3. The van der Waals surface area contributed by atoms with E-state index in [4.69, 9.17) is 5.11 Å². The molecule has 148 valence electrons. The Morgan fingerprint density at radius 3 is 1.38 bits per heavy atom. The number of aromatic hydroxyl groups is 1. The van der Waals surface area contributed by atoms with Crippen molar-refractivity contribution in [3.05, 3.63) is 55.0 Å². The van der Waals surface area contributed by atoms with Gasteiger partial charge in [-0.15, -0.1) is 0 Å². The second kappa shape index (κ2) is 13.0. The first-order valence-electron chi connectivity index (χ1n) is 7.06. The number of pyridine rings is 2. The summed E-state index contributed by atoms with van der Waals surface area (Å²) in [4.78, 5) is 0. The average Bonchev–Trinajstić information content (AvgIpc) is 2.46. The Balaban J connectivity index is 0. The molecular formula is C13H18B2F8N2O. The molecule has 0 saturated heterocycles. The summed E-state index contributed by atoms with van der Waals surface area (Å²) in [6.45, 7) is 2.80. The molecule has 2 rings (SSSR count). The number of hydrogen-bond acceptors (Lipinski definition) is 1. The molecular weight excluding hydrogens is 374 g/mol. The van der Waals surface area contributed by atoms with Crippen LogP contribution in [0.1, 0.15) is 6.92 Å². The van der Waals surface area contributed by atoms with Crippen LogP contribution in [0.3, 0.4) is 0 Å². The van der Waals surface area contributed by atoms with Gasteiger partial charge >= 0.3 is 20.4 Å². The van der Waals surface area contributed by atoms with Gasteiger partial charge in [-0.05, 0) is 13.0 Å². The van der Waals surface area contributed by atoms with Crippen molar-refractivity contribution < 1.29 is 48.8 Å². The molecule has 1 N–H and O–H groups in total. The van der Waals surface area contributed by atoms with Gasteiger partial charge in [0.1, 0.15) is 13.6 Å². The van der Waals surface area contributed by atoms with Crippen LogP contribution in [0.4, 0.5) is 34.5 Å². The molecule has 26 heavy (non-hydrogen) atoms. The van der Waals surface area contributed by atoms with Crippen LogP contribution < -0.4 is 9.13 Å². The minimum atomic E-state index is -6.00. The molecule has 0 aliphatic rings. The summed E-state index contributed by atoms with van der Waals surface area (Å²) in [5.74, 6) is 0.319. The lowest BCUT2D eigenvalue weighted by Gasteiger charge is -1.94. The zero-order chi connectivity index (χ0) is 20.8. The summed E-state index contributed by atoms with van der Waals surface area (Å²) < 4.78 is 81.8. The number of aryl methyl sites for hydroxylation is 2. The van der Waals surface area contributed by atoms with E-state index in [0.717, 1.165) is 6.54 Å². The van der Waals surface area contributed by atoms with E-state index in [-0.39, 0.29) is 0 Å². The zero-order valence-corrected chi connectivity index (χ0v) is 13.9. The maximum absolute atomic E-state index is 9.75. The second-order valence-corrected chi connectivity index (χ2v) is 4.38. The van der Waals surface area contributed by atoms with Crippen LogP contribution in [0.25, 0.3) is 0 Å². The smallest absolute Gasteiger partial charge is 0.460 e. The number of hydrogen-bond donors (Lipinski definition) is 1. The standard InChI is InChI=1S/C7H9NO.C6H8N.2BF4/c1-2-8-6-4-3-5-7(8)9;1-7-5-3-2-4-6-7;2*2-1(3,4)5/h3-6H,2H2,1H3;2-6H,1H3;;/q;+1;2*-1/p+1. The van der Waals surface area contributed by atoms with E-state index < -0.39 is 14.5 Å². The van der Waals surface area contributed by atoms with Gasteiger partial charge in [-0.1, -0.05) is 6.07 Å². The number of nitrogens with zero attached hydrogens (tertiary/aromatic N) is 2. The van der Waals surface area contributed by atoms with Crippen molar-refractivity contribution in [2.24, 2.45) is 7.05 Å². The van der Waals surface area contributed by atoms with E-state index in [1.54, 1.807) is 10.6 Å². The van der Waals surface area contributed by atoms with Gasteiger partial charge in [0.15, 0.2) is 18.6 Å². The van der Waals surface area contributed by atoms with E-state index in [1.165, 1.54) is 0 Å². The van der Waals surface area contributed by atoms with Gasteiger partial charge in [-0.3, -0.25) is 0 Å². The van der Waals surface area contributed by atoms with Crippen LogP contribution in [0.2, 0.25) is 0 Å². The van der Waals surface area contributed by atoms with Gasteiger partial charge in [0.25, 0.3) is 0 Å². The van der Waals surface area contributed by atoms with Gasteiger partial charge in [-0.2, -0.15) is 4.57 Å². The fourth-order valence-electron chi connectivity index (χ4n) is 1.22. The highest BCUT2D eigenvalue weighted by Gasteiger charge is 2.21. The van der Waals surface area contributed by atoms with Crippen molar-refractivity contribution in [2.75, 3.05) is 0 Å². The molecule has 2 aromatic heterocycles. The minimum Gasteiger partial charge on any atom is -0.460 e. The molecule has 0 aliphatic heterocycles. The Morgan fingerprint density at radius 1 is 0.769 bits per heavy atom. The third-order valence-corrected chi connectivity index (χ3v) is 2.12. The SMILES string of the molecule is CC[n+]1ccccc1O.C[n+]1ccccc1.F[B-](F)(F)F.F[B-](F)(F)F. The van der Waals surface area contributed by atoms with Crippen LogP contribution in [0.15, 0.2) is 55.0 Å². The molecule has 0 aliphatic carbocycles. The van der Waals surface area contributed by atoms with E-state index in [2.05, 4.69) is 0 Å². The van der Waals surface area contributed by atoms with Gasteiger partial charge in [0.2, 0.25) is 0 Å². The predicted octanol–water partition coefficient (Wildman–Crippen LogP) is 3.81. The maximum Gasteiger partial charge on any atom is 0.673 e. The minimum absolute atomic E-state index is 0.319. The van der Waals surface area contributed by atoms with E-state index >= 15 is 0 Å². The highest BCUT2D eigenvalue weighted by atomic mass is 19.5. The molecule has 0 amide bonds. The first-order chi connectivity index (χ1) is 11.7. The lowest BCUT2D eigenvalue weighted by Crippen LogP contribution is -2.31. The first-order valence-corrected chi connectivity index (χ1v) is 7.06. The Labute approximate surface area is 145 Å². The van der Waals surface area contributed by atoms with Crippen molar-refractivity contribution in [3.8, 4) is 5.88 Å². The largest absolute Gasteiger partial charge is 0.673 e. The molecule has 0 unspecified atom stereocenters. The third kappa shape index (κ3) is 26.6. The quantitative estimate of drug-likeness (QED) is 0.447. The van der Waals surface area contributed by atoms with E-state index in [9.17, 15) is 34.5 Å². The van der Waals surface area contributed by atoms with Crippen LogP contribution in [-0.2, 0) is 13.6 Å². The molecule has 0 fully saturated rings. The van der Waals surface area contributed by atoms with Crippen molar-refractivity contribution in [2.45, 2.75) is 13.5 Å².